The van der Waals surface area contributed by atoms with E-state index in [1.807, 2.05) is 48.5 Å². The maximum absolute atomic E-state index is 6.36. The maximum Gasteiger partial charge on any atom is 0.249 e. The zero-order valence-corrected chi connectivity index (χ0v) is 19.8. The summed E-state index contributed by atoms with van der Waals surface area (Å²) in [5, 5.41) is 10.1. The van der Waals surface area contributed by atoms with E-state index in [0.29, 0.717) is 16.8 Å². The average molecular weight is 479 g/mol. The molecule has 7 heteroatoms. The molecule has 1 aliphatic rings. The number of aryl methyl sites for hydroxylation is 1. The smallest absolute Gasteiger partial charge is 0.249 e. The Hall–Kier alpha value is -2.86. The third-order valence-corrected chi connectivity index (χ3v) is 6.65. The predicted molar refractivity (Wildman–Crippen MR) is 133 cm³/mol. The van der Waals surface area contributed by atoms with Gasteiger partial charge in [-0.15, -0.1) is 10.2 Å². The van der Waals surface area contributed by atoms with Crippen molar-refractivity contribution >= 4 is 28.9 Å². The zero-order chi connectivity index (χ0) is 22.8. The summed E-state index contributed by atoms with van der Waals surface area (Å²) in [5.74, 6) is 1.01. The Morgan fingerprint density at radius 3 is 2.33 bits per heavy atom. The van der Waals surface area contributed by atoms with E-state index in [1.54, 1.807) is 0 Å². The lowest BCUT2D eigenvalue weighted by atomic mass is 10.0. The standard InChI is InChI=1S/C26H24Cl2N4O/c1-18-11-12-20(27)17-23(18)31-13-15-32(16-14-31)24(19-7-3-2-4-8-19)26-30-29-25(33-26)21-9-5-6-10-22(21)28/h2-12,17,24H,13-16H2,1H3. The van der Waals surface area contributed by atoms with Gasteiger partial charge in [0.05, 0.1) is 10.6 Å². The maximum atomic E-state index is 6.36. The molecule has 1 fully saturated rings. The molecule has 0 radical (unpaired) electrons. The first-order chi connectivity index (χ1) is 16.1. The van der Waals surface area contributed by atoms with E-state index in [0.717, 1.165) is 42.3 Å². The topological polar surface area (TPSA) is 45.4 Å². The molecule has 0 aliphatic carbocycles. The number of piperazine rings is 1. The summed E-state index contributed by atoms with van der Waals surface area (Å²) in [6.07, 6.45) is 0. The van der Waals surface area contributed by atoms with E-state index in [9.17, 15) is 0 Å². The summed E-state index contributed by atoms with van der Waals surface area (Å²) in [7, 11) is 0. The Labute approximate surface area is 203 Å². The molecule has 2 heterocycles. The van der Waals surface area contributed by atoms with E-state index in [-0.39, 0.29) is 6.04 Å². The summed E-state index contributed by atoms with van der Waals surface area (Å²) in [5.41, 5.74) is 4.29. The number of hydrogen-bond acceptors (Lipinski definition) is 5. The molecule has 1 aromatic heterocycles. The van der Waals surface area contributed by atoms with E-state index >= 15 is 0 Å². The van der Waals surface area contributed by atoms with Gasteiger partial charge in [-0.3, -0.25) is 4.90 Å². The lowest BCUT2D eigenvalue weighted by Crippen LogP contribution is -2.48. The van der Waals surface area contributed by atoms with Gasteiger partial charge in [0.25, 0.3) is 0 Å². The van der Waals surface area contributed by atoms with Crippen LogP contribution in [0.2, 0.25) is 10.0 Å². The molecule has 1 atom stereocenters. The van der Waals surface area contributed by atoms with Crippen LogP contribution in [0.1, 0.15) is 23.1 Å². The van der Waals surface area contributed by atoms with Gasteiger partial charge >= 0.3 is 0 Å². The van der Waals surface area contributed by atoms with Crippen LogP contribution in [0.15, 0.2) is 77.2 Å². The van der Waals surface area contributed by atoms with Gasteiger partial charge in [-0.25, -0.2) is 0 Å². The molecule has 0 amide bonds. The van der Waals surface area contributed by atoms with Crippen LogP contribution in [0.5, 0.6) is 0 Å². The molecule has 5 nitrogen and oxygen atoms in total. The third kappa shape index (κ3) is 4.62. The van der Waals surface area contributed by atoms with Crippen LogP contribution in [0.4, 0.5) is 5.69 Å². The van der Waals surface area contributed by atoms with Crippen molar-refractivity contribution in [3.05, 3.63) is 99.9 Å². The first-order valence-corrected chi connectivity index (χ1v) is 11.7. The molecular formula is C26H24Cl2N4O. The molecule has 4 aromatic rings. The van der Waals surface area contributed by atoms with E-state index in [1.165, 1.54) is 11.3 Å². The summed E-state index contributed by atoms with van der Waals surface area (Å²) in [6.45, 7) is 5.61. The SMILES string of the molecule is Cc1ccc(Cl)cc1N1CCN(C(c2ccccc2)c2nnc(-c3ccccc3Cl)o2)CC1. The van der Waals surface area contributed by atoms with Gasteiger partial charge in [0.15, 0.2) is 0 Å². The zero-order valence-electron chi connectivity index (χ0n) is 18.3. The minimum atomic E-state index is -0.127. The molecule has 0 saturated carbocycles. The number of halogens is 2. The molecule has 0 bridgehead atoms. The van der Waals surface area contributed by atoms with Gasteiger partial charge < -0.3 is 9.32 Å². The van der Waals surface area contributed by atoms with E-state index < -0.39 is 0 Å². The van der Waals surface area contributed by atoms with Crippen molar-refractivity contribution in [1.29, 1.82) is 0 Å². The Bertz CT molecular complexity index is 1240. The quantitative estimate of drug-likeness (QED) is 0.338. The highest BCUT2D eigenvalue weighted by atomic mass is 35.5. The highest BCUT2D eigenvalue weighted by Gasteiger charge is 2.31. The second-order valence-electron chi connectivity index (χ2n) is 8.19. The molecule has 33 heavy (non-hydrogen) atoms. The number of hydrogen-bond donors (Lipinski definition) is 0. The molecule has 3 aromatic carbocycles. The van der Waals surface area contributed by atoms with Crippen LogP contribution in [0.25, 0.3) is 11.5 Å². The Kier molecular flexibility index (Phi) is 6.36. The molecule has 1 unspecified atom stereocenters. The van der Waals surface area contributed by atoms with Crippen LogP contribution < -0.4 is 4.90 Å². The lowest BCUT2D eigenvalue weighted by molar-refractivity contribution is 0.188. The molecule has 0 N–H and O–H groups in total. The Morgan fingerprint density at radius 2 is 1.58 bits per heavy atom. The van der Waals surface area contributed by atoms with Gasteiger partial charge in [0.2, 0.25) is 11.8 Å². The van der Waals surface area contributed by atoms with Gasteiger partial charge in [-0.2, -0.15) is 0 Å². The number of rotatable bonds is 5. The third-order valence-electron chi connectivity index (χ3n) is 6.09. The normalized spacial score (nSPS) is 15.5. The minimum Gasteiger partial charge on any atom is -0.419 e. The van der Waals surface area contributed by atoms with Gasteiger partial charge in [-0.1, -0.05) is 71.7 Å². The highest BCUT2D eigenvalue weighted by molar-refractivity contribution is 6.33. The number of nitrogens with zero attached hydrogens (tertiary/aromatic N) is 4. The van der Waals surface area contributed by atoms with Crippen LogP contribution in [0, 0.1) is 6.92 Å². The van der Waals surface area contributed by atoms with Crippen molar-refractivity contribution in [2.24, 2.45) is 0 Å². The Morgan fingerprint density at radius 1 is 0.848 bits per heavy atom. The number of benzene rings is 3. The fourth-order valence-electron chi connectivity index (χ4n) is 4.38. The number of anilines is 1. The number of aromatic nitrogens is 2. The summed E-state index contributed by atoms with van der Waals surface area (Å²) < 4.78 is 6.19. The van der Waals surface area contributed by atoms with Crippen molar-refractivity contribution in [3.63, 3.8) is 0 Å². The van der Waals surface area contributed by atoms with Gasteiger partial charge in [0, 0.05) is 36.9 Å². The summed E-state index contributed by atoms with van der Waals surface area (Å²) in [4.78, 5) is 4.79. The van der Waals surface area contributed by atoms with Gasteiger partial charge in [-0.05, 0) is 42.3 Å². The van der Waals surface area contributed by atoms with Crippen LogP contribution in [0.3, 0.4) is 0 Å². The van der Waals surface area contributed by atoms with Crippen molar-refractivity contribution < 1.29 is 4.42 Å². The first-order valence-electron chi connectivity index (χ1n) is 11.0. The van der Waals surface area contributed by atoms with Crippen molar-refractivity contribution in [2.75, 3.05) is 31.1 Å². The second-order valence-corrected chi connectivity index (χ2v) is 9.04. The van der Waals surface area contributed by atoms with Crippen LogP contribution in [-0.2, 0) is 0 Å². The monoisotopic (exact) mass is 478 g/mol. The second kappa shape index (κ2) is 9.56. The van der Waals surface area contributed by atoms with Crippen LogP contribution >= 0.6 is 23.2 Å². The molecule has 1 saturated heterocycles. The van der Waals surface area contributed by atoms with Crippen LogP contribution in [-0.4, -0.2) is 41.3 Å². The molecule has 0 spiro atoms. The van der Waals surface area contributed by atoms with E-state index in [2.05, 4.69) is 51.2 Å². The summed E-state index contributed by atoms with van der Waals surface area (Å²) >= 11 is 12.6. The molecule has 168 valence electrons. The fraction of sp³-hybridized carbons (Fsp3) is 0.231. The van der Waals surface area contributed by atoms with E-state index in [4.69, 9.17) is 27.6 Å². The summed E-state index contributed by atoms with van der Waals surface area (Å²) in [6, 6.07) is 23.8. The highest BCUT2D eigenvalue weighted by Crippen LogP contribution is 2.34. The fourth-order valence-corrected chi connectivity index (χ4v) is 4.76. The minimum absolute atomic E-state index is 0.127. The molecular weight excluding hydrogens is 455 g/mol. The Balaban J connectivity index is 1.42. The van der Waals surface area contributed by atoms with Crippen molar-refractivity contribution in [3.8, 4) is 11.5 Å². The lowest BCUT2D eigenvalue weighted by Gasteiger charge is -2.39. The largest absolute Gasteiger partial charge is 0.419 e. The van der Waals surface area contributed by atoms with Crippen molar-refractivity contribution in [2.45, 2.75) is 13.0 Å². The molecule has 1 aliphatic heterocycles. The van der Waals surface area contributed by atoms with Crippen molar-refractivity contribution in [1.82, 2.24) is 15.1 Å². The first kappa shape index (κ1) is 22.0. The predicted octanol–water partition coefficient (Wildman–Crippen LogP) is 6.26. The average Bonchev–Trinajstić information content (AvgIpc) is 3.32. The van der Waals surface area contributed by atoms with Gasteiger partial charge in [0.1, 0.15) is 6.04 Å². The molecule has 5 rings (SSSR count).